The number of amides is 1. The van der Waals surface area contributed by atoms with Gasteiger partial charge in [-0.3, -0.25) is 19.5 Å². The van der Waals surface area contributed by atoms with Crippen LogP contribution in [0.2, 0.25) is 0 Å². The molecular weight excluding hydrogens is 635 g/mol. The van der Waals surface area contributed by atoms with Gasteiger partial charge in [-0.15, -0.1) is 11.3 Å². The van der Waals surface area contributed by atoms with Gasteiger partial charge in [0, 0.05) is 49.4 Å². The molecule has 10 nitrogen and oxygen atoms in total. The number of thiazole rings is 1. The smallest absolute Gasteiger partial charge is 0.338 e. The molecule has 1 aromatic carbocycles. The number of piperidine rings is 1. The van der Waals surface area contributed by atoms with E-state index < -0.39 is 66.0 Å². The molecule has 3 aliphatic heterocycles. The number of fused-ring (bicyclic) bond motifs is 1. The Balaban J connectivity index is 1.52. The second-order valence-electron chi connectivity index (χ2n) is 12.5. The number of carbonyl (C=O) groups is 3. The Morgan fingerprint density at radius 2 is 2.04 bits per heavy atom. The Morgan fingerprint density at radius 1 is 1.28 bits per heavy atom. The van der Waals surface area contributed by atoms with Crippen molar-refractivity contribution < 1.29 is 37.0 Å². The maximum atomic E-state index is 15.6. The van der Waals surface area contributed by atoms with E-state index in [0.717, 1.165) is 0 Å². The molecule has 0 aliphatic carbocycles. The fourth-order valence-electron chi connectivity index (χ4n) is 6.38. The van der Waals surface area contributed by atoms with Gasteiger partial charge in [0.25, 0.3) is 5.92 Å². The van der Waals surface area contributed by atoms with Gasteiger partial charge in [-0.1, -0.05) is 24.8 Å². The van der Waals surface area contributed by atoms with Crippen molar-refractivity contribution in [1.82, 2.24) is 20.1 Å². The minimum atomic E-state index is -3.20. The number of amidine groups is 1. The Bertz CT molecular complexity index is 1610. The number of rotatable bonds is 11. The molecule has 0 saturated carbocycles. The van der Waals surface area contributed by atoms with E-state index in [1.165, 1.54) is 34.4 Å². The second kappa shape index (κ2) is 13.6. The van der Waals surface area contributed by atoms with Gasteiger partial charge in [-0.2, -0.15) is 0 Å². The molecule has 3 aliphatic rings. The largest absolute Gasteiger partial charge is 0.463 e. The third kappa shape index (κ3) is 6.98. The first-order chi connectivity index (χ1) is 22.3. The minimum absolute atomic E-state index is 0.00818. The first-order valence-electron chi connectivity index (χ1n) is 15.3. The third-order valence-corrected chi connectivity index (χ3v) is 9.52. The number of benzene rings is 1. The van der Waals surface area contributed by atoms with Crippen molar-refractivity contribution in [2.45, 2.75) is 52.1 Å². The summed E-state index contributed by atoms with van der Waals surface area (Å²) in [6.45, 7) is 9.20. The van der Waals surface area contributed by atoms with Crippen LogP contribution in [0.25, 0.3) is 0 Å². The van der Waals surface area contributed by atoms with Gasteiger partial charge in [-0.25, -0.2) is 22.9 Å². The van der Waals surface area contributed by atoms with Crippen LogP contribution in [-0.4, -0.2) is 89.8 Å². The Labute approximate surface area is 275 Å². The van der Waals surface area contributed by atoms with Gasteiger partial charge in [-0.05, 0) is 44.9 Å². The molecule has 14 heteroatoms. The number of likely N-dealkylation sites (tertiary alicyclic amines) is 2. The maximum absolute atomic E-state index is 15.6. The van der Waals surface area contributed by atoms with E-state index in [0.29, 0.717) is 16.4 Å². The lowest BCUT2D eigenvalue weighted by molar-refractivity contribution is -0.157. The number of carbonyl (C=O) groups excluding carboxylic acids is 3. The molecule has 47 heavy (non-hydrogen) atoms. The molecule has 1 amide bonds. The lowest BCUT2D eigenvalue weighted by Crippen LogP contribution is -2.55. The topological polar surface area (TPSA) is 113 Å². The first kappa shape index (κ1) is 34.3. The third-order valence-electron chi connectivity index (χ3n) is 8.74. The van der Waals surface area contributed by atoms with Crippen molar-refractivity contribution in [3.8, 4) is 0 Å². The summed E-state index contributed by atoms with van der Waals surface area (Å²) in [5.41, 5.74) is -0.0538. The monoisotopic (exact) mass is 673 g/mol. The minimum Gasteiger partial charge on any atom is -0.463 e. The van der Waals surface area contributed by atoms with Crippen molar-refractivity contribution in [2.24, 2.45) is 16.3 Å². The van der Waals surface area contributed by atoms with Crippen molar-refractivity contribution in [1.29, 1.82) is 0 Å². The molecule has 0 unspecified atom stereocenters. The summed E-state index contributed by atoms with van der Waals surface area (Å²) < 4.78 is 56.7. The number of halogens is 3. The molecule has 4 heterocycles. The van der Waals surface area contributed by atoms with Crippen molar-refractivity contribution >= 4 is 35.0 Å². The summed E-state index contributed by atoms with van der Waals surface area (Å²) in [6, 6.07) is 2.70. The molecule has 0 spiro atoms. The fourth-order valence-corrected chi connectivity index (χ4v) is 6.97. The van der Waals surface area contributed by atoms with Crippen LogP contribution in [0.3, 0.4) is 0 Å². The molecule has 1 N–H and O–H groups in total. The highest BCUT2D eigenvalue weighted by Gasteiger charge is 2.58. The van der Waals surface area contributed by atoms with Crippen LogP contribution in [0.15, 0.2) is 58.7 Å². The van der Waals surface area contributed by atoms with Crippen LogP contribution in [0, 0.1) is 24.1 Å². The van der Waals surface area contributed by atoms with Crippen molar-refractivity contribution in [2.75, 3.05) is 39.4 Å². The van der Waals surface area contributed by atoms with E-state index in [2.05, 4.69) is 16.9 Å². The molecule has 252 valence electrons. The number of esters is 2. The van der Waals surface area contributed by atoms with Crippen LogP contribution in [0.5, 0.6) is 0 Å². The molecule has 0 bridgehead atoms. The number of alkyl halides is 2. The van der Waals surface area contributed by atoms with Gasteiger partial charge in [0.2, 0.25) is 5.91 Å². The van der Waals surface area contributed by atoms with Gasteiger partial charge in [0.1, 0.15) is 18.5 Å². The molecule has 0 radical (unpaired) electrons. The molecular formula is C33H38F3N5O5S. The zero-order valence-electron chi connectivity index (χ0n) is 26.7. The summed E-state index contributed by atoms with van der Waals surface area (Å²) in [5, 5.41) is 5.41. The highest BCUT2D eigenvalue weighted by molar-refractivity contribution is 7.11. The number of hydrogen-bond acceptors (Lipinski definition) is 10. The molecule has 2 aromatic rings. The Morgan fingerprint density at radius 3 is 2.72 bits per heavy atom. The van der Waals surface area contributed by atoms with E-state index >= 15 is 8.78 Å². The molecule has 2 saturated heterocycles. The molecule has 5 rings (SSSR count). The van der Waals surface area contributed by atoms with Crippen molar-refractivity contribution in [3.63, 3.8) is 0 Å². The van der Waals surface area contributed by atoms with E-state index in [4.69, 9.17) is 14.5 Å². The summed E-state index contributed by atoms with van der Waals surface area (Å²) in [4.78, 5) is 51.5. The van der Waals surface area contributed by atoms with E-state index in [-0.39, 0.29) is 49.7 Å². The SMILES string of the molecule is C=CCOC(=O)C(C)(C)CN1C[C@H]2[C@@H](CC1=O)C(F)(F)CN2CC1=C(C(=O)OCC)[C@H](c2cccc(F)c2C)N=C(c2nccs2)N1. The number of ether oxygens (including phenoxy) is 2. The van der Waals surface area contributed by atoms with Gasteiger partial charge in [0.05, 0.1) is 30.1 Å². The lowest BCUT2D eigenvalue weighted by atomic mass is 9.86. The van der Waals surface area contributed by atoms with E-state index in [9.17, 15) is 18.8 Å². The zero-order valence-corrected chi connectivity index (χ0v) is 27.5. The number of aliphatic imine (C=N–C) groups is 1. The number of hydrogen-bond donors (Lipinski definition) is 1. The van der Waals surface area contributed by atoms with Crippen molar-refractivity contribution in [3.05, 3.63) is 75.7 Å². The van der Waals surface area contributed by atoms with E-state index in [1.807, 2.05) is 0 Å². The van der Waals surface area contributed by atoms with Crippen LogP contribution in [0.1, 0.15) is 49.4 Å². The number of nitrogens with zero attached hydrogens (tertiary/aromatic N) is 4. The molecule has 3 atom stereocenters. The fraction of sp³-hybridized carbons (Fsp3) is 0.485. The highest BCUT2D eigenvalue weighted by Crippen LogP contribution is 2.44. The lowest BCUT2D eigenvalue weighted by Gasteiger charge is -2.41. The first-order valence-corrected chi connectivity index (χ1v) is 16.2. The predicted octanol–water partition coefficient (Wildman–Crippen LogP) is 4.42. The summed E-state index contributed by atoms with van der Waals surface area (Å²) in [6.07, 6.45) is 2.62. The quantitative estimate of drug-likeness (QED) is 0.276. The summed E-state index contributed by atoms with van der Waals surface area (Å²) >= 11 is 1.29. The Hall–Kier alpha value is -4.04. The maximum Gasteiger partial charge on any atom is 0.338 e. The van der Waals surface area contributed by atoms with Gasteiger partial charge < -0.3 is 19.7 Å². The number of aromatic nitrogens is 1. The Kier molecular flexibility index (Phi) is 9.92. The summed E-state index contributed by atoms with van der Waals surface area (Å²) in [5.74, 6) is -6.38. The predicted molar refractivity (Wildman–Crippen MR) is 169 cm³/mol. The van der Waals surface area contributed by atoms with Gasteiger partial charge >= 0.3 is 11.9 Å². The number of nitrogens with one attached hydrogen (secondary N) is 1. The van der Waals surface area contributed by atoms with Crippen LogP contribution in [0.4, 0.5) is 13.2 Å². The average Bonchev–Trinajstić information content (AvgIpc) is 3.64. The normalized spacial score (nSPS) is 22.8. The summed E-state index contributed by atoms with van der Waals surface area (Å²) in [7, 11) is 0. The standard InChI is InChI=1S/C33H38F3N5O5S/c1-6-12-46-31(44)32(4,5)17-41-16-24-21(14-25(41)42)33(35,36)18-40(24)15-23-26(30(43)45-7-2)27(20-9-8-10-22(34)19(20)3)39-28(38-23)29-37-11-13-47-29/h6,8-11,13,21,24,27H,1,7,12,14-18H2,2-5H3,(H,38,39)/t21-,24+,27+/m1/s1. The highest BCUT2D eigenvalue weighted by atomic mass is 32.1. The average molecular weight is 674 g/mol. The second-order valence-corrected chi connectivity index (χ2v) is 13.4. The van der Waals surface area contributed by atoms with Crippen LogP contribution < -0.4 is 5.32 Å². The molecule has 2 fully saturated rings. The zero-order chi connectivity index (χ0) is 34.1. The van der Waals surface area contributed by atoms with Crippen LogP contribution in [-0.2, 0) is 23.9 Å². The van der Waals surface area contributed by atoms with Crippen LogP contribution >= 0.6 is 11.3 Å². The van der Waals surface area contributed by atoms with E-state index in [1.54, 1.807) is 50.2 Å². The molecule has 1 aromatic heterocycles. The van der Waals surface area contributed by atoms with Gasteiger partial charge in [0.15, 0.2) is 10.8 Å².